The molecule has 31 heavy (non-hydrogen) atoms. The number of nitrogens with zero attached hydrogens (tertiary/aromatic N) is 2. The molecule has 1 aromatic heterocycles. The van der Waals surface area contributed by atoms with Gasteiger partial charge in [-0.25, -0.2) is 0 Å². The van der Waals surface area contributed by atoms with E-state index in [1.54, 1.807) is 29.5 Å². The molecule has 0 unspecified atom stereocenters. The van der Waals surface area contributed by atoms with Gasteiger partial charge in [0.1, 0.15) is 5.75 Å². The quantitative estimate of drug-likeness (QED) is 0.561. The predicted molar refractivity (Wildman–Crippen MR) is 124 cm³/mol. The molecule has 2 aromatic rings. The van der Waals surface area contributed by atoms with Crippen LogP contribution in [0.2, 0.25) is 5.02 Å². The molecule has 1 aliphatic carbocycles. The monoisotopic (exact) mass is 462 g/mol. The molecule has 1 atom stereocenters. The Morgan fingerprint density at radius 1 is 1.39 bits per heavy atom. The Bertz CT molecular complexity index is 1020. The van der Waals surface area contributed by atoms with Crippen LogP contribution in [0.5, 0.6) is 5.75 Å². The van der Waals surface area contributed by atoms with Crippen molar-refractivity contribution in [2.75, 3.05) is 13.2 Å². The highest BCUT2D eigenvalue weighted by atomic mass is 35.5. The fraction of sp³-hybridized carbons (Fsp3) is 0.583. The highest BCUT2D eigenvalue weighted by molar-refractivity contribution is 7.09. The van der Waals surface area contributed by atoms with Crippen molar-refractivity contribution in [3.63, 3.8) is 0 Å². The van der Waals surface area contributed by atoms with Crippen molar-refractivity contribution in [3.05, 3.63) is 44.7 Å². The summed E-state index contributed by atoms with van der Waals surface area (Å²) in [5, 5.41) is 0.498. The average molecular weight is 463 g/mol. The van der Waals surface area contributed by atoms with Crippen molar-refractivity contribution in [1.82, 2.24) is 4.57 Å². The number of benzene rings is 1. The molecule has 1 aromatic carbocycles. The maximum atomic E-state index is 13.2. The summed E-state index contributed by atoms with van der Waals surface area (Å²) in [4.78, 5) is 19.6. The van der Waals surface area contributed by atoms with Gasteiger partial charge >= 0.3 is 0 Å². The van der Waals surface area contributed by atoms with Gasteiger partial charge in [0.15, 0.2) is 4.80 Å². The smallest absolute Gasteiger partial charge is 0.283 e. The summed E-state index contributed by atoms with van der Waals surface area (Å²) in [7, 11) is 0. The zero-order valence-electron chi connectivity index (χ0n) is 18.7. The SMILES string of the molecule is CC1(COc2ccc(Cl)cc2C(=O)/N=c2\sc(C(C)(C)C)cn2C[C@H]2CCCO2)CC1. The third kappa shape index (κ3) is 5.60. The standard InChI is InChI=1S/C24H31ClN2O3S/c1-23(2,3)20-14-27(13-17-6-5-11-29-17)22(31-20)26-21(28)18-12-16(25)7-8-19(18)30-15-24(4)9-10-24/h7-8,12,14,17H,5-6,9-11,13,15H2,1-4H3/b26-22-/t17-/m1/s1. The summed E-state index contributed by atoms with van der Waals surface area (Å²) in [5.74, 6) is 0.214. The minimum atomic E-state index is -0.332. The van der Waals surface area contributed by atoms with Crippen molar-refractivity contribution in [2.24, 2.45) is 10.4 Å². The van der Waals surface area contributed by atoms with Gasteiger partial charge in [-0.15, -0.1) is 11.3 Å². The summed E-state index contributed by atoms with van der Waals surface area (Å²) in [6, 6.07) is 5.18. The molecule has 1 saturated carbocycles. The molecule has 168 valence electrons. The number of carbonyl (C=O) groups excluding carboxylic acids is 1. The molecule has 2 fully saturated rings. The number of aromatic nitrogens is 1. The van der Waals surface area contributed by atoms with E-state index < -0.39 is 0 Å². The third-order valence-corrected chi connectivity index (χ3v) is 7.61. The first-order valence-corrected chi connectivity index (χ1v) is 12.2. The molecule has 5 nitrogen and oxygen atoms in total. The van der Waals surface area contributed by atoms with E-state index in [0.717, 1.165) is 32.3 Å². The van der Waals surface area contributed by atoms with E-state index in [9.17, 15) is 4.79 Å². The number of amides is 1. The number of thiazole rings is 1. The second kappa shape index (κ2) is 8.72. The van der Waals surface area contributed by atoms with Crippen LogP contribution in [-0.4, -0.2) is 29.8 Å². The van der Waals surface area contributed by atoms with Gasteiger partial charge in [-0.3, -0.25) is 4.79 Å². The molecular formula is C24H31ClN2O3S. The van der Waals surface area contributed by atoms with E-state index in [1.165, 1.54) is 4.88 Å². The Morgan fingerprint density at radius 2 is 2.16 bits per heavy atom. The molecule has 2 heterocycles. The number of hydrogen-bond acceptors (Lipinski definition) is 4. The number of carbonyl (C=O) groups is 1. The Hall–Kier alpha value is -1.63. The van der Waals surface area contributed by atoms with Gasteiger partial charge in [-0.1, -0.05) is 39.3 Å². The van der Waals surface area contributed by atoms with Gasteiger partial charge in [-0.05, 0) is 49.3 Å². The zero-order valence-corrected chi connectivity index (χ0v) is 20.3. The van der Waals surface area contributed by atoms with Crippen LogP contribution in [-0.2, 0) is 16.7 Å². The van der Waals surface area contributed by atoms with E-state index >= 15 is 0 Å². The molecule has 1 saturated heterocycles. The zero-order chi connectivity index (χ0) is 22.2. The highest BCUT2D eigenvalue weighted by Gasteiger charge is 2.38. The van der Waals surface area contributed by atoms with Crippen LogP contribution in [0.25, 0.3) is 0 Å². The van der Waals surface area contributed by atoms with Crippen molar-refractivity contribution in [3.8, 4) is 5.75 Å². The van der Waals surface area contributed by atoms with Gasteiger partial charge < -0.3 is 14.0 Å². The largest absolute Gasteiger partial charge is 0.492 e. The number of halogens is 1. The Balaban J connectivity index is 1.66. The maximum Gasteiger partial charge on any atom is 0.283 e. The van der Waals surface area contributed by atoms with Gasteiger partial charge in [0.2, 0.25) is 0 Å². The molecule has 7 heteroatoms. The normalized spacial score (nSPS) is 20.8. The van der Waals surface area contributed by atoms with Crippen LogP contribution < -0.4 is 9.54 Å². The van der Waals surface area contributed by atoms with E-state index in [1.807, 2.05) is 0 Å². The molecule has 1 aliphatic heterocycles. The van der Waals surface area contributed by atoms with Crippen molar-refractivity contribution < 1.29 is 14.3 Å². The van der Waals surface area contributed by atoms with Crippen molar-refractivity contribution in [1.29, 1.82) is 0 Å². The van der Waals surface area contributed by atoms with Crippen LogP contribution in [0.3, 0.4) is 0 Å². The Morgan fingerprint density at radius 3 is 2.81 bits per heavy atom. The fourth-order valence-corrected chi connectivity index (χ4v) is 4.73. The summed E-state index contributed by atoms with van der Waals surface area (Å²) in [5.41, 5.74) is 0.603. The number of rotatable bonds is 6. The predicted octanol–water partition coefficient (Wildman–Crippen LogP) is 5.60. The Labute approximate surface area is 193 Å². The summed E-state index contributed by atoms with van der Waals surface area (Å²) in [6.45, 7) is 10.8. The molecule has 4 rings (SSSR count). The minimum Gasteiger partial charge on any atom is -0.492 e. The lowest BCUT2D eigenvalue weighted by atomic mass is 9.95. The first-order chi connectivity index (χ1) is 14.6. The lowest BCUT2D eigenvalue weighted by Crippen LogP contribution is -2.23. The van der Waals surface area contributed by atoms with E-state index in [4.69, 9.17) is 21.1 Å². The molecule has 0 radical (unpaired) electrons. The molecule has 0 N–H and O–H groups in total. The summed E-state index contributed by atoms with van der Waals surface area (Å²) < 4.78 is 13.9. The lowest BCUT2D eigenvalue weighted by molar-refractivity contribution is 0.0948. The van der Waals surface area contributed by atoms with Gasteiger partial charge in [0, 0.05) is 28.1 Å². The molecule has 1 amide bonds. The van der Waals surface area contributed by atoms with Crippen molar-refractivity contribution >= 4 is 28.8 Å². The lowest BCUT2D eigenvalue weighted by Gasteiger charge is -2.15. The second-order valence-corrected chi connectivity index (χ2v) is 11.5. The van der Waals surface area contributed by atoms with Crippen LogP contribution in [0, 0.1) is 5.41 Å². The minimum absolute atomic E-state index is 0.0240. The number of hydrogen-bond donors (Lipinski definition) is 0. The van der Waals surface area contributed by atoms with Gasteiger partial charge in [0.05, 0.1) is 24.8 Å². The van der Waals surface area contributed by atoms with E-state index in [-0.39, 0.29) is 22.8 Å². The summed E-state index contributed by atoms with van der Waals surface area (Å²) in [6.07, 6.45) is 6.70. The molecule has 0 bridgehead atoms. The Kier molecular flexibility index (Phi) is 6.35. The van der Waals surface area contributed by atoms with Crippen LogP contribution in [0.4, 0.5) is 0 Å². The first-order valence-electron chi connectivity index (χ1n) is 11.0. The van der Waals surface area contributed by atoms with Crippen LogP contribution in [0.15, 0.2) is 29.4 Å². The van der Waals surface area contributed by atoms with Gasteiger partial charge in [-0.2, -0.15) is 4.99 Å². The first kappa shape index (κ1) is 22.6. The molecule has 2 aliphatic rings. The maximum absolute atomic E-state index is 13.2. The van der Waals surface area contributed by atoms with Crippen LogP contribution in [0.1, 0.15) is 68.6 Å². The molecular weight excluding hydrogens is 432 g/mol. The average Bonchev–Trinajstić information content (AvgIpc) is 3.07. The van der Waals surface area contributed by atoms with E-state index in [0.29, 0.717) is 34.3 Å². The van der Waals surface area contributed by atoms with Crippen molar-refractivity contribution in [2.45, 2.75) is 71.4 Å². The van der Waals surface area contributed by atoms with Gasteiger partial charge in [0.25, 0.3) is 5.91 Å². The van der Waals surface area contributed by atoms with E-state index in [2.05, 4.69) is 43.5 Å². The summed E-state index contributed by atoms with van der Waals surface area (Å²) >= 11 is 7.76. The molecule has 0 spiro atoms. The number of ether oxygens (including phenoxy) is 2. The fourth-order valence-electron chi connectivity index (χ4n) is 3.50. The van der Waals surface area contributed by atoms with Crippen LogP contribution >= 0.6 is 22.9 Å². The third-order valence-electron chi connectivity index (χ3n) is 5.93. The second-order valence-electron chi connectivity index (χ2n) is 10.1. The highest BCUT2D eigenvalue weighted by Crippen LogP contribution is 2.45. The topological polar surface area (TPSA) is 52.8 Å².